The number of rotatable bonds is 4. The number of halogens is 3. The summed E-state index contributed by atoms with van der Waals surface area (Å²) in [5.41, 5.74) is -0.372. The Kier molecular flexibility index (Phi) is 4.41. The van der Waals surface area contributed by atoms with Gasteiger partial charge < -0.3 is 5.11 Å². The highest BCUT2D eigenvalue weighted by Gasteiger charge is 2.26. The molecule has 0 radical (unpaired) electrons. The van der Waals surface area contributed by atoms with Gasteiger partial charge in [0.1, 0.15) is 11.6 Å². The molecule has 0 aliphatic carbocycles. The van der Waals surface area contributed by atoms with Crippen molar-refractivity contribution >= 4 is 21.9 Å². The van der Waals surface area contributed by atoms with E-state index >= 15 is 0 Å². The molecule has 16 heavy (non-hydrogen) atoms. The van der Waals surface area contributed by atoms with Crippen LogP contribution in [0.1, 0.15) is 31.2 Å². The molecule has 0 spiro atoms. The molecule has 88 valence electrons. The first-order valence-corrected chi connectivity index (χ1v) is 5.64. The third-order valence-electron chi connectivity index (χ3n) is 2.30. The number of carboxylic acid groups (broad SMARTS) is 1. The summed E-state index contributed by atoms with van der Waals surface area (Å²) in [6, 6.07) is 2.28. The van der Waals surface area contributed by atoms with Crippen molar-refractivity contribution in [3.05, 3.63) is 33.8 Å². The third kappa shape index (κ3) is 2.58. The van der Waals surface area contributed by atoms with Gasteiger partial charge >= 0.3 is 5.97 Å². The van der Waals surface area contributed by atoms with E-state index in [9.17, 15) is 13.6 Å². The van der Waals surface area contributed by atoms with Crippen LogP contribution in [-0.2, 0) is 4.79 Å². The highest BCUT2D eigenvalue weighted by molar-refractivity contribution is 9.10. The van der Waals surface area contributed by atoms with E-state index in [1.54, 1.807) is 6.92 Å². The average molecular weight is 293 g/mol. The first kappa shape index (κ1) is 13.1. The first-order chi connectivity index (χ1) is 7.49. The Morgan fingerprint density at radius 1 is 1.50 bits per heavy atom. The Morgan fingerprint density at radius 2 is 2.12 bits per heavy atom. The largest absolute Gasteiger partial charge is 0.481 e. The third-order valence-corrected chi connectivity index (χ3v) is 2.92. The summed E-state index contributed by atoms with van der Waals surface area (Å²) >= 11 is 2.91. The van der Waals surface area contributed by atoms with Crippen molar-refractivity contribution in [3.63, 3.8) is 0 Å². The van der Waals surface area contributed by atoms with Crippen molar-refractivity contribution in [2.45, 2.75) is 25.7 Å². The van der Waals surface area contributed by atoms with Crippen molar-refractivity contribution in [3.8, 4) is 0 Å². The van der Waals surface area contributed by atoms with Crippen LogP contribution in [0.5, 0.6) is 0 Å². The maximum Gasteiger partial charge on any atom is 0.311 e. The molecule has 0 aromatic heterocycles. The molecule has 0 saturated heterocycles. The molecule has 0 aliphatic rings. The number of carbonyl (C=O) groups is 1. The van der Waals surface area contributed by atoms with Crippen molar-refractivity contribution in [1.29, 1.82) is 0 Å². The number of hydrogen-bond donors (Lipinski definition) is 1. The van der Waals surface area contributed by atoms with E-state index in [2.05, 4.69) is 15.9 Å². The van der Waals surface area contributed by atoms with Crippen LogP contribution >= 0.6 is 15.9 Å². The fourth-order valence-electron chi connectivity index (χ4n) is 1.54. The van der Waals surface area contributed by atoms with Gasteiger partial charge in [-0.05, 0) is 34.5 Å². The lowest BCUT2D eigenvalue weighted by Gasteiger charge is -2.14. The lowest BCUT2D eigenvalue weighted by atomic mass is 9.93. The number of carboxylic acids is 1. The van der Waals surface area contributed by atoms with Crippen LogP contribution in [-0.4, -0.2) is 11.1 Å². The standard InChI is InChI=1S/C11H11BrF2O2/c1-2-3-6(11(15)16)9-8(13)5-4-7(12)10(9)14/h4-6H,2-3H2,1H3,(H,15,16). The smallest absolute Gasteiger partial charge is 0.311 e. The molecule has 1 aromatic rings. The summed E-state index contributed by atoms with van der Waals surface area (Å²) in [6.45, 7) is 1.77. The van der Waals surface area contributed by atoms with E-state index in [4.69, 9.17) is 5.11 Å². The van der Waals surface area contributed by atoms with Gasteiger partial charge in [-0.25, -0.2) is 8.78 Å². The molecular formula is C11H11BrF2O2. The first-order valence-electron chi connectivity index (χ1n) is 4.85. The van der Waals surface area contributed by atoms with Crippen LogP contribution in [0.4, 0.5) is 8.78 Å². The average Bonchev–Trinajstić information content (AvgIpc) is 2.22. The maximum atomic E-state index is 13.6. The Labute approximate surface area is 100 Å². The second-order valence-corrected chi connectivity index (χ2v) is 4.29. The molecule has 2 nitrogen and oxygen atoms in total. The van der Waals surface area contributed by atoms with E-state index in [-0.39, 0.29) is 16.5 Å². The normalized spacial score (nSPS) is 12.5. The van der Waals surface area contributed by atoms with Gasteiger partial charge in [-0.2, -0.15) is 0 Å². The zero-order valence-corrected chi connectivity index (χ0v) is 10.2. The zero-order valence-electron chi connectivity index (χ0n) is 8.64. The monoisotopic (exact) mass is 292 g/mol. The van der Waals surface area contributed by atoms with Gasteiger partial charge in [0, 0.05) is 5.56 Å². The van der Waals surface area contributed by atoms with Crippen molar-refractivity contribution < 1.29 is 18.7 Å². The Bertz CT molecular complexity index is 407. The van der Waals surface area contributed by atoms with E-state index in [1.807, 2.05) is 0 Å². The molecule has 0 saturated carbocycles. The van der Waals surface area contributed by atoms with Crippen LogP contribution in [0.2, 0.25) is 0 Å². The molecule has 1 atom stereocenters. The van der Waals surface area contributed by atoms with Gasteiger partial charge in [-0.15, -0.1) is 0 Å². The number of aliphatic carboxylic acids is 1. The topological polar surface area (TPSA) is 37.3 Å². The van der Waals surface area contributed by atoms with Crippen LogP contribution in [0, 0.1) is 11.6 Å². The molecule has 1 aromatic carbocycles. The maximum absolute atomic E-state index is 13.6. The van der Waals surface area contributed by atoms with Crippen LogP contribution in [0.15, 0.2) is 16.6 Å². The van der Waals surface area contributed by atoms with Gasteiger partial charge in [0.15, 0.2) is 0 Å². The van der Waals surface area contributed by atoms with Crippen molar-refractivity contribution in [2.75, 3.05) is 0 Å². The molecule has 0 heterocycles. The van der Waals surface area contributed by atoms with Gasteiger partial charge in [0.25, 0.3) is 0 Å². The fraction of sp³-hybridized carbons (Fsp3) is 0.364. The zero-order chi connectivity index (χ0) is 12.3. The summed E-state index contributed by atoms with van der Waals surface area (Å²) < 4.78 is 27.2. The summed E-state index contributed by atoms with van der Waals surface area (Å²) in [5, 5.41) is 8.95. The Balaban J connectivity index is 3.28. The molecule has 0 aliphatic heterocycles. The number of benzene rings is 1. The molecular weight excluding hydrogens is 282 g/mol. The van der Waals surface area contributed by atoms with Crippen LogP contribution in [0.3, 0.4) is 0 Å². The van der Waals surface area contributed by atoms with Crippen LogP contribution < -0.4 is 0 Å². The second-order valence-electron chi connectivity index (χ2n) is 3.44. The lowest BCUT2D eigenvalue weighted by Crippen LogP contribution is -2.15. The molecule has 0 fully saturated rings. The second kappa shape index (κ2) is 5.39. The van der Waals surface area contributed by atoms with Gasteiger partial charge in [0.05, 0.1) is 10.4 Å². The Hall–Kier alpha value is -0.970. The molecule has 1 N–H and O–H groups in total. The quantitative estimate of drug-likeness (QED) is 0.859. The van der Waals surface area contributed by atoms with Gasteiger partial charge in [-0.3, -0.25) is 4.79 Å². The van der Waals surface area contributed by atoms with Crippen LogP contribution in [0.25, 0.3) is 0 Å². The van der Waals surface area contributed by atoms with Crippen molar-refractivity contribution in [2.24, 2.45) is 0 Å². The van der Waals surface area contributed by atoms with Gasteiger partial charge in [0.2, 0.25) is 0 Å². The summed E-state index contributed by atoms with van der Waals surface area (Å²) in [4.78, 5) is 11.0. The van der Waals surface area contributed by atoms with E-state index in [1.165, 1.54) is 6.07 Å². The predicted octanol–water partition coefficient (Wildman–Crippen LogP) is 3.70. The minimum atomic E-state index is -1.21. The lowest BCUT2D eigenvalue weighted by molar-refractivity contribution is -0.139. The van der Waals surface area contributed by atoms with E-state index < -0.39 is 23.5 Å². The number of hydrogen-bond acceptors (Lipinski definition) is 1. The molecule has 0 bridgehead atoms. The molecule has 1 rings (SSSR count). The van der Waals surface area contributed by atoms with Crippen molar-refractivity contribution in [1.82, 2.24) is 0 Å². The molecule has 1 unspecified atom stereocenters. The Morgan fingerprint density at radius 3 is 2.62 bits per heavy atom. The van der Waals surface area contributed by atoms with E-state index in [0.717, 1.165) is 6.07 Å². The minimum Gasteiger partial charge on any atom is -0.481 e. The summed E-state index contributed by atoms with van der Waals surface area (Å²) in [7, 11) is 0. The summed E-state index contributed by atoms with van der Waals surface area (Å²) in [6.07, 6.45) is 0.752. The summed E-state index contributed by atoms with van der Waals surface area (Å²) in [5.74, 6) is -4.00. The van der Waals surface area contributed by atoms with Gasteiger partial charge in [-0.1, -0.05) is 13.3 Å². The highest BCUT2D eigenvalue weighted by Crippen LogP contribution is 2.30. The predicted molar refractivity (Wildman–Crippen MR) is 59.3 cm³/mol. The SMILES string of the molecule is CCCC(C(=O)O)c1c(F)ccc(Br)c1F. The highest BCUT2D eigenvalue weighted by atomic mass is 79.9. The molecule has 0 amide bonds. The fourth-order valence-corrected chi connectivity index (χ4v) is 1.89. The molecule has 5 heteroatoms. The van der Waals surface area contributed by atoms with E-state index in [0.29, 0.717) is 6.42 Å². The minimum absolute atomic E-state index is 0.0752.